The number of nitrogens with one attached hydrogen (secondary N) is 2. The molecular formula is C20H20F2N2O2S. The van der Waals surface area contributed by atoms with Crippen molar-refractivity contribution in [1.82, 2.24) is 5.32 Å². The lowest BCUT2D eigenvalue weighted by Crippen LogP contribution is -2.28. The summed E-state index contributed by atoms with van der Waals surface area (Å²) in [5.41, 5.74) is 2.60. The number of benzene rings is 2. The zero-order valence-electron chi connectivity index (χ0n) is 15.0. The van der Waals surface area contributed by atoms with E-state index in [0.717, 1.165) is 16.8 Å². The molecule has 7 heteroatoms. The van der Waals surface area contributed by atoms with Gasteiger partial charge in [-0.15, -0.1) is 11.8 Å². The van der Waals surface area contributed by atoms with Gasteiger partial charge in [0.05, 0.1) is 18.2 Å². The van der Waals surface area contributed by atoms with Crippen LogP contribution in [0.3, 0.4) is 0 Å². The average Bonchev–Trinajstić information content (AvgIpc) is 2.98. The number of carbonyl (C=O) groups is 2. The van der Waals surface area contributed by atoms with Gasteiger partial charge in [-0.3, -0.25) is 9.59 Å². The van der Waals surface area contributed by atoms with Crippen LogP contribution in [0.2, 0.25) is 0 Å². The van der Waals surface area contributed by atoms with Crippen LogP contribution in [0, 0.1) is 11.6 Å². The number of carbonyl (C=O) groups excluding carboxylic acids is 2. The number of thioether (sulfide) groups is 1. The van der Waals surface area contributed by atoms with Crippen LogP contribution in [0.1, 0.15) is 41.8 Å². The van der Waals surface area contributed by atoms with Gasteiger partial charge in [0.1, 0.15) is 11.6 Å². The van der Waals surface area contributed by atoms with Crippen LogP contribution in [0.4, 0.5) is 14.5 Å². The molecular weight excluding hydrogens is 370 g/mol. The van der Waals surface area contributed by atoms with Crippen molar-refractivity contribution in [3.8, 4) is 0 Å². The number of hydrogen-bond donors (Lipinski definition) is 2. The van der Waals surface area contributed by atoms with Crippen LogP contribution >= 0.6 is 11.8 Å². The maximum atomic E-state index is 13.8. The molecule has 2 N–H and O–H groups in total. The molecule has 2 amide bonds. The summed E-state index contributed by atoms with van der Waals surface area (Å²) in [6, 6.07) is 9.11. The molecule has 1 heterocycles. The molecule has 0 aromatic heterocycles. The Labute approximate surface area is 160 Å². The van der Waals surface area contributed by atoms with Crippen LogP contribution in [0.5, 0.6) is 0 Å². The number of anilines is 1. The summed E-state index contributed by atoms with van der Waals surface area (Å²) in [7, 11) is 0. The molecule has 0 unspecified atom stereocenters. The third-order valence-corrected chi connectivity index (χ3v) is 5.67. The zero-order valence-corrected chi connectivity index (χ0v) is 15.8. The minimum Gasteiger partial charge on any atom is -0.349 e. The second-order valence-electron chi connectivity index (χ2n) is 6.52. The molecule has 0 fully saturated rings. The van der Waals surface area contributed by atoms with E-state index < -0.39 is 16.9 Å². The summed E-state index contributed by atoms with van der Waals surface area (Å²) in [4.78, 5) is 23.7. The fraction of sp³-hybridized carbons (Fsp3) is 0.300. The number of fused-ring (bicyclic) bond motifs is 1. The maximum absolute atomic E-state index is 13.8. The van der Waals surface area contributed by atoms with Crippen LogP contribution in [0.25, 0.3) is 0 Å². The molecule has 0 radical (unpaired) electrons. The highest BCUT2D eigenvalue weighted by atomic mass is 32.2. The first-order valence-corrected chi connectivity index (χ1v) is 9.67. The van der Waals surface area contributed by atoms with Gasteiger partial charge in [0.25, 0.3) is 0 Å². The molecule has 1 aliphatic heterocycles. The Morgan fingerprint density at radius 3 is 2.63 bits per heavy atom. The molecule has 142 valence electrons. The van der Waals surface area contributed by atoms with E-state index in [0.29, 0.717) is 6.42 Å². The second-order valence-corrected chi connectivity index (χ2v) is 7.85. The van der Waals surface area contributed by atoms with E-state index in [1.54, 1.807) is 6.92 Å². The van der Waals surface area contributed by atoms with E-state index >= 15 is 0 Å². The Morgan fingerprint density at radius 2 is 1.93 bits per heavy atom. The van der Waals surface area contributed by atoms with Gasteiger partial charge in [-0.25, -0.2) is 8.78 Å². The van der Waals surface area contributed by atoms with Gasteiger partial charge in [-0.2, -0.15) is 0 Å². The summed E-state index contributed by atoms with van der Waals surface area (Å²) < 4.78 is 27.6. The summed E-state index contributed by atoms with van der Waals surface area (Å²) in [6.07, 6.45) is 0.339. The molecule has 27 heavy (non-hydrogen) atoms. The Kier molecular flexibility index (Phi) is 5.79. The molecule has 0 spiro atoms. The highest BCUT2D eigenvalue weighted by Crippen LogP contribution is 2.32. The van der Waals surface area contributed by atoms with E-state index in [4.69, 9.17) is 0 Å². The van der Waals surface area contributed by atoms with Crippen LogP contribution < -0.4 is 10.6 Å². The van der Waals surface area contributed by atoms with Crippen molar-refractivity contribution in [2.24, 2.45) is 0 Å². The van der Waals surface area contributed by atoms with Crippen molar-refractivity contribution in [3.05, 3.63) is 64.7 Å². The molecule has 4 nitrogen and oxygen atoms in total. The Hall–Kier alpha value is -2.41. The monoisotopic (exact) mass is 390 g/mol. The summed E-state index contributed by atoms with van der Waals surface area (Å²) >= 11 is 1.18. The Balaban J connectivity index is 1.56. The lowest BCUT2D eigenvalue weighted by molar-refractivity contribution is -0.119. The van der Waals surface area contributed by atoms with Gasteiger partial charge in [-0.1, -0.05) is 18.2 Å². The van der Waals surface area contributed by atoms with Gasteiger partial charge < -0.3 is 10.6 Å². The van der Waals surface area contributed by atoms with Crippen LogP contribution in [-0.4, -0.2) is 17.6 Å². The Morgan fingerprint density at radius 1 is 1.22 bits per heavy atom. The number of rotatable bonds is 6. The summed E-state index contributed by atoms with van der Waals surface area (Å²) in [5.74, 6) is -1.38. The fourth-order valence-electron chi connectivity index (χ4n) is 3.07. The quantitative estimate of drug-likeness (QED) is 0.780. The van der Waals surface area contributed by atoms with Crippen LogP contribution in [-0.2, 0) is 16.0 Å². The first-order chi connectivity index (χ1) is 12.8. The topological polar surface area (TPSA) is 58.2 Å². The number of halogens is 2. The number of hydrogen-bond acceptors (Lipinski definition) is 3. The van der Waals surface area contributed by atoms with Gasteiger partial charge in [-0.05, 0) is 43.2 Å². The average molecular weight is 390 g/mol. The zero-order chi connectivity index (χ0) is 19.6. The highest BCUT2D eigenvalue weighted by Gasteiger charge is 2.20. The summed E-state index contributed by atoms with van der Waals surface area (Å²) in [6.45, 7) is 3.53. The van der Waals surface area contributed by atoms with Crippen LogP contribution in [0.15, 0.2) is 36.4 Å². The van der Waals surface area contributed by atoms with Gasteiger partial charge in [0, 0.05) is 16.5 Å². The van der Waals surface area contributed by atoms with Gasteiger partial charge in [0.15, 0.2) is 0 Å². The van der Waals surface area contributed by atoms with Crippen molar-refractivity contribution in [1.29, 1.82) is 0 Å². The third kappa shape index (κ3) is 4.47. The molecule has 2 aromatic rings. The minimum absolute atomic E-state index is 0.0147. The Bertz CT molecular complexity index is 868. The molecule has 2 atom stereocenters. The smallest absolute Gasteiger partial charge is 0.230 e. The molecule has 3 rings (SSSR count). The molecule has 0 saturated carbocycles. The fourth-order valence-corrected chi connectivity index (χ4v) is 3.94. The van der Waals surface area contributed by atoms with Crippen molar-refractivity contribution in [2.45, 2.75) is 31.6 Å². The van der Waals surface area contributed by atoms with E-state index in [9.17, 15) is 18.4 Å². The van der Waals surface area contributed by atoms with E-state index in [1.807, 2.05) is 25.1 Å². The highest BCUT2D eigenvalue weighted by molar-refractivity contribution is 8.00. The molecule has 2 aromatic carbocycles. The standard InChI is InChI=1S/C20H20F2N2O2S/c1-11(13-6-7-17-14(8-13)9-18(25)24-17)23-19(26)10-27-12(2)20-15(21)4-3-5-16(20)22/h3-8,11-12H,9-10H2,1-2H3,(H,23,26)(H,24,25)/t11-,12+/m0/s1. The van der Waals surface area contributed by atoms with Crippen molar-refractivity contribution in [3.63, 3.8) is 0 Å². The third-order valence-electron chi connectivity index (χ3n) is 4.50. The molecule has 0 bridgehead atoms. The van der Waals surface area contributed by atoms with Crippen molar-refractivity contribution < 1.29 is 18.4 Å². The van der Waals surface area contributed by atoms with E-state index in [-0.39, 0.29) is 29.2 Å². The normalized spacial score (nSPS) is 15.0. The maximum Gasteiger partial charge on any atom is 0.230 e. The van der Waals surface area contributed by atoms with Crippen molar-refractivity contribution in [2.75, 3.05) is 11.1 Å². The SMILES string of the molecule is C[C@H](NC(=O)CS[C@H](C)c1c(F)cccc1F)c1ccc2c(c1)CC(=O)N2. The van der Waals surface area contributed by atoms with E-state index in [1.165, 1.54) is 30.0 Å². The lowest BCUT2D eigenvalue weighted by atomic mass is 10.0. The number of amides is 2. The molecule has 0 saturated heterocycles. The van der Waals surface area contributed by atoms with Gasteiger partial charge >= 0.3 is 0 Å². The summed E-state index contributed by atoms with van der Waals surface area (Å²) in [5, 5.41) is 5.17. The predicted octanol–water partition coefficient (Wildman–Crippen LogP) is 4.13. The first kappa shape index (κ1) is 19.4. The van der Waals surface area contributed by atoms with E-state index in [2.05, 4.69) is 10.6 Å². The second kappa shape index (κ2) is 8.08. The first-order valence-electron chi connectivity index (χ1n) is 8.62. The largest absolute Gasteiger partial charge is 0.349 e. The van der Waals surface area contributed by atoms with Crippen molar-refractivity contribution >= 4 is 29.3 Å². The minimum atomic E-state index is -0.606. The molecule has 1 aliphatic rings. The lowest BCUT2D eigenvalue weighted by Gasteiger charge is -2.17. The van der Waals surface area contributed by atoms with Gasteiger partial charge in [0.2, 0.25) is 11.8 Å². The predicted molar refractivity (Wildman–Crippen MR) is 103 cm³/mol. The molecule has 0 aliphatic carbocycles.